The molecular weight excluding hydrogens is 432 g/mol. The van der Waals surface area contributed by atoms with Crippen LogP contribution in [0.15, 0.2) is 84.9 Å². The van der Waals surface area contributed by atoms with Crippen molar-refractivity contribution in [1.82, 2.24) is 0 Å². The van der Waals surface area contributed by atoms with Crippen molar-refractivity contribution in [1.29, 1.82) is 0 Å². The number of carboxylic acid groups (broad SMARTS) is 2. The topological polar surface area (TPSA) is 109 Å². The van der Waals surface area contributed by atoms with Crippen molar-refractivity contribution in [3.8, 4) is 33.4 Å². The lowest BCUT2D eigenvalue weighted by atomic mass is 9.81. The van der Waals surface area contributed by atoms with Crippen LogP contribution < -0.4 is 0 Å². The molecule has 0 amide bonds. The molecular formula is C28H16O6. The molecule has 1 aliphatic rings. The zero-order valence-corrected chi connectivity index (χ0v) is 17.6. The summed E-state index contributed by atoms with van der Waals surface area (Å²) in [7, 11) is 0. The van der Waals surface area contributed by atoms with Gasteiger partial charge in [-0.3, -0.25) is 9.59 Å². The van der Waals surface area contributed by atoms with Crippen LogP contribution in [0.3, 0.4) is 0 Å². The standard InChI is InChI=1S/C28H16O6/c29-25-21-11-9-19(15-1-5-17(6-2-15)27(31)32)13-23(21)24-14-20(10-12-22(24)26(25)30)16-3-7-18(8-4-16)28(33)34/h1-14H,(H,31,32)(H,33,34). The normalized spacial score (nSPS) is 12.1. The van der Waals surface area contributed by atoms with Gasteiger partial charge in [0.1, 0.15) is 0 Å². The van der Waals surface area contributed by atoms with Crippen LogP contribution in [0.2, 0.25) is 0 Å². The van der Waals surface area contributed by atoms with Crippen LogP contribution in [-0.2, 0) is 0 Å². The second kappa shape index (κ2) is 7.94. The van der Waals surface area contributed by atoms with Crippen molar-refractivity contribution in [2.75, 3.05) is 0 Å². The molecule has 2 N–H and O–H groups in total. The van der Waals surface area contributed by atoms with Gasteiger partial charge >= 0.3 is 11.9 Å². The van der Waals surface area contributed by atoms with Crippen molar-refractivity contribution in [3.05, 3.63) is 107 Å². The molecule has 0 fully saturated rings. The van der Waals surface area contributed by atoms with Gasteiger partial charge in [0.2, 0.25) is 11.6 Å². The van der Waals surface area contributed by atoms with Crippen LogP contribution in [0.4, 0.5) is 0 Å². The summed E-state index contributed by atoms with van der Waals surface area (Å²) in [6.45, 7) is 0. The molecule has 6 nitrogen and oxygen atoms in total. The first kappa shape index (κ1) is 21.0. The summed E-state index contributed by atoms with van der Waals surface area (Å²) < 4.78 is 0. The Labute approximate surface area is 193 Å². The summed E-state index contributed by atoms with van der Waals surface area (Å²) in [4.78, 5) is 47.8. The molecule has 1 aliphatic carbocycles. The van der Waals surface area contributed by atoms with E-state index in [-0.39, 0.29) is 11.1 Å². The molecule has 0 saturated heterocycles. The highest BCUT2D eigenvalue weighted by Crippen LogP contribution is 2.38. The summed E-state index contributed by atoms with van der Waals surface area (Å²) >= 11 is 0. The van der Waals surface area contributed by atoms with Gasteiger partial charge in [-0.2, -0.15) is 0 Å². The van der Waals surface area contributed by atoms with E-state index in [1.54, 1.807) is 48.5 Å². The maximum Gasteiger partial charge on any atom is 0.335 e. The molecule has 0 atom stereocenters. The minimum atomic E-state index is -1.01. The largest absolute Gasteiger partial charge is 0.478 e. The highest BCUT2D eigenvalue weighted by molar-refractivity contribution is 6.53. The molecule has 0 saturated carbocycles. The number of ketones is 2. The number of Topliss-reactive ketones (excluding diaryl/α,β-unsaturated/α-hetero) is 2. The molecule has 0 radical (unpaired) electrons. The fraction of sp³-hybridized carbons (Fsp3) is 0. The molecule has 0 bridgehead atoms. The number of hydrogen-bond acceptors (Lipinski definition) is 4. The Kier molecular flexibility index (Phi) is 4.91. The molecule has 0 unspecified atom stereocenters. The highest BCUT2D eigenvalue weighted by Gasteiger charge is 2.30. The van der Waals surface area contributed by atoms with Crippen LogP contribution in [0.1, 0.15) is 41.4 Å². The van der Waals surface area contributed by atoms with Crippen LogP contribution in [0.25, 0.3) is 33.4 Å². The lowest BCUT2D eigenvalue weighted by molar-refractivity contribution is 0.0686. The van der Waals surface area contributed by atoms with E-state index in [1.165, 1.54) is 24.3 Å². The first-order valence-corrected chi connectivity index (χ1v) is 10.4. The first-order chi connectivity index (χ1) is 16.3. The van der Waals surface area contributed by atoms with Crippen molar-refractivity contribution < 1.29 is 29.4 Å². The molecule has 34 heavy (non-hydrogen) atoms. The van der Waals surface area contributed by atoms with Crippen LogP contribution in [-0.4, -0.2) is 33.7 Å². The molecule has 4 aromatic rings. The van der Waals surface area contributed by atoms with Gasteiger partial charge in [-0.15, -0.1) is 0 Å². The molecule has 0 aromatic heterocycles. The average Bonchev–Trinajstić information content (AvgIpc) is 2.86. The first-order valence-electron chi connectivity index (χ1n) is 10.4. The number of carbonyl (C=O) groups is 4. The number of carbonyl (C=O) groups excluding carboxylic acids is 2. The second-order valence-corrected chi connectivity index (χ2v) is 7.94. The van der Waals surface area contributed by atoms with Crippen molar-refractivity contribution in [2.45, 2.75) is 0 Å². The van der Waals surface area contributed by atoms with E-state index in [1.807, 2.05) is 12.1 Å². The fourth-order valence-electron chi connectivity index (χ4n) is 4.14. The summed E-state index contributed by atoms with van der Waals surface area (Å²) in [5.41, 5.74) is 5.30. The second-order valence-electron chi connectivity index (χ2n) is 7.94. The van der Waals surface area contributed by atoms with Crippen molar-refractivity contribution in [2.24, 2.45) is 0 Å². The average molecular weight is 448 g/mol. The van der Waals surface area contributed by atoms with Gasteiger partial charge in [-0.05, 0) is 81.9 Å². The van der Waals surface area contributed by atoms with Gasteiger partial charge in [-0.25, -0.2) is 9.59 Å². The predicted molar refractivity (Wildman–Crippen MR) is 125 cm³/mol. The highest BCUT2D eigenvalue weighted by atomic mass is 16.4. The van der Waals surface area contributed by atoms with Crippen molar-refractivity contribution >= 4 is 23.5 Å². The van der Waals surface area contributed by atoms with E-state index in [2.05, 4.69) is 0 Å². The van der Waals surface area contributed by atoms with Gasteiger partial charge in [0, 0.05) is 11.1 Å². The van der Waals surface area contributed by atoms with E-state index in [4.69, 9.17) is 10.2 Å². The van der Waals surface area contributed by atoms with Crippen molar-refractivity contribution in [3.63, 3.8) is 0 Å². The Morgan fingerprint density at radius 2 is 0.765 bits per heavy atom. The van der Waals surface area contributed by atoms with Gasteiger partial charge in [0.25, 0.3) is 0 Å². The molecule has 0 spiro atoms. The Balaban J connectivity index is 1.63. The molecule has 6 heteroatoms. The number of hydrogen-bond donors (Lipinski definition) is 2. The number of benzene rings is 4. The predicted octanol–water partition coefficient (Wildman–Crippen LogP) is 5.46. The third-order valence-electron chi connectivity index (χ3n) is 5.96. The Hall–Kier alpha value is -4.84. The lowest BCUT2D eigenvalue weighted by Crippen LogP contribution is -2.21. The molecule has 0 heterocycles. The maximum absolute atomic E-state index is 12.7. The van der Waals surface area contributed by atoms with Gasteiger partial charge in [0.05, 0.1) is 11.1 Å². The third kappa shape index (κ3) is 3.47. The van der Waals surface area contributed by atoms with Crippen LogP contribution in [0.5, 0.6) is 0 Å². The van der Waals surface area contributed by atoms with E-state index in [0.29, 0.717) is 22.3 Å². The van der Waals surface area contributed by atoms with E-state index in [0.717, 1.165) is 22.3 Å². The van der Waals surface area contributed by atoms with Gasteiger partial charge in [0.15, 0.2) is 0 Å². The number of rotatable bonds is 4. The number of fused-ring (bicyclic) bond motifs is 3. The van der Waals surface area contributed by atoms with E-state index >= 15 is 0 Å². The summed E-state index contributed by atoms with van der Waals surface area (Å²) in [6.07, 6.45) is 0. The SMILES string of the molecule is O=C(O)c1ccc(-c2ccc3c(c2)-c2cc(-c4ccc(C(=O)O)cc4)ccc2C(=O)C3=O)cc1. The fourth-order valence-corrected chi connectivity index (χ4v) is 4.14. The Morgan fingerprint density at radius 1 is 0.441 bits per heavy atom. The van der Waals surface area contributed by atoms with E-state index in [9.17, 15) is 19.2 Å². The number of carboxylic acids is 2. The van der Waals surface area contributed by atoms with E-state index < -0.39 is 23.5 Å². The minimum Gasteiger partial charge on any atom is -0.478 e. The zero-order valence-electron chi connectivity index (χ0n) is 17.6. The molecule has 0 aliphatic heterocycles. The quantitative estimate of drug-likeness (QED) is 0.401. The smallest absolute Gasteiger partial charge is 0.335 e. The lowest BCUT2D eigenvalue weighted by Gasteiger charge is -2.20. The van der Waals surface area contributed by atoms with Crippen LogP contribution in [0, 0.1) is 0 Å². The molecule has 4 aromatic carbocycles. The summed E-state index contributed by atoms with van der Waals surface area (Å²) in [5.74, 6) is -3.18. The van der Waals surface area contributed by atoms with Gasteiger partial charge in [-0.1, -0.05) is 36.4 Å². The maximum atomic E-state index is 12.7. The Bertz CT molecular complexity index is 1400. The summed E-state index contributed by atoms with van der Waals surface area (Å²) in [5, 5.41) is 18.3. The monoisotopic (exact) mass is 448 g/mol. The Morgan fingerprint density at radius 3 is 1.09 bits per heavy atom. The summed E-state index contributed by atoms with van der Waals surface area (Å²) in [6, 6.07) is 23.2. The zero-order chi connectivity index (χ0) is 24.0. The third-order valence-corrected chi connectivity index (χ3v) is 5.96. The van der Waals surface area contributed by atoms with Gasteiger partial charge < -0.3 is 10.2 Å². The molecule has 164 valence electrons. The van der Waals surface area contributed by atoms with Crippen LogP contribution >= 0.6 is 0 Å². The number of aromatic carboxylic acids is 2. The minimum absolute atomic E-state index is 0.173. The molecule has 5 rings (SSSR count).